The molecule has 0 saturated heterocycles. The van der Waals surface area contributed by atoms with Crippen molar-refractivity contribution in [2.45, 2.75) is 13.8 Å². The summed E-state index contributed by atoms with van der Waals surface area (Å²) in [5.41, 5.74) is 2.77. The summed E-state index contributed by atoms with van der Waals surface area (Å²) in [6.07, 6.45) is 0. The molecule has 0 N–H and O–H groups in total. The van der Waals surface area contributed by atoms with Gasteiger partial charge in [-0.2, -0.15) is 0 Å². The molecule has 0 atom stereocenters. The minimum Gasteiger partial charge on any atom is -0.234 e. The van der Waals surface area contributed by atoms with Gasteiger partial charge in [0, 0.05) is 5.39 Å². The summed E-state index contributed by atoms with van der Waals surface area (Å²) in [4.78, 5) is 4.27. The van der Waals surface area contributed by atoms with Crippen molar-refractivity contribution in [3.8, 4) is 0 Å². The monoisotopic (exact) mass is 225 g/mol. The van der Waals surface area contributed by atoms with Crippen molar-refractivity contribution in [1.82, 2.24) is 4.98 Å². The van der Waals surface area contributed by atoms with Crippen molar-refractivity contribution in [2.24, 2.45) is 0 Å². The Morgan fingerprint density at radius 3 is 2.50 bits per heavy atom. The molecule has 0 aliphatic carbocycles. The highest BCUT2D eigenvalue weighted by Gasteiger charge is 2.06. The number of halogens is 2. The molecule has 0 saturated carbocycles. The first-order valence-electron chi connectivity index (χ1n) is 4.31. The number of benzene rings is 1. The summed E-state index contributed by atoms with van der Waals surface area (Å²) in [5, 5.41) is 2.23. The summed E-state index contributed by atoms with van der Waals surface area (Å²) in [7, 11) is 0. The molecule has 1 nitrogen and oxygen atoms in total. The highest BCUT2D eigenvalue weighted by Crippen LogP contribution is 2.28. The number of aryl methyl sites for hydroxylation is 2. The molecule has 0 radical (unpaired) electrons. The lowest BCUT2D eigenvalue weighted by Gasteiger charge is -2.05. The second-order valence-electron chi connectivity index (χ2n) is 3.36. The fourth-order valence-corrected chi connectivity index (χ4v) is 1.74. The van der Waals surface area contributed by atoms with Gasteiger partial charge < -0.3 is 0 Å². The van der Waals surface area contributed by atoms with Crippen LogP contribution in [0.1, 0.15) is 11.1 Å². The van der Waals surface area contributed by atoms with Crippen LogP contribution in [0.15, 0.2) is 18.2 Å². The Morgan fingerprint density at radius 2 is 1.79 bits per heavy atom. The number of fused-ring (bicyclic) bond motifs is 1. The Bertz CT molecular complexity index is 506. The molecule has 2 rings (SSSR count). The first-order chi connectivity index (χ1) is 6.59. The number of rotatable bonds is 0. The maximum atomic E-state index is 6.13. The predicted octanol–water partition coefficient (Wildman–Crippen LogP) is 4.16. The molecule has 1 aromatic carbocycles. The Balaban J connectivity index is 2.89. The van der Waals surface area contributed by atoms with Gasteiger partial charge in [-0.05, 0) is 31.0 Å². The molecule has 0 amide bonds. The van der Waals surface area contributed by atoms with Crippen molar-refractivity contribution >= 4 is 34.1 Å². The molecular weight excluding hydrogens is 217 g/mol. The molecule has 72 valence electrons. The van der Waals surface area contributed by atoms with Crippen LogP contribution in [0, 0.1) is 13.8 Å². The summed E-state index contributed by atoms with van der Waals surface area (Å²) >= 11 is 12.1. The van der Waals surface area contributed by atoms with Gasteiger partial charge in [0.25, 0.3) is 0 Å². The predicted molar refractivity (Wildman–Crippen MR) is 61.2 cm³/mol. The molecule has 0 fully saturated rings. The van der Waals surface area contributed by atoms with Gasteiger partial charge in [0.15, 0.2) is 0 Å². The topological polar surface area (TPSA) is 12.9 Å². The largest absolute Gasteiger partial charge is 0.234 e. The molecular formula is C11H9Cl2N. The quantitative estimate of drug-likeness (QED) is 0.614. The molecule has 1 heterocycles. The van der Waals surface area contributed by atoms with Gasteiger partial charge in [0.05, 0.1) is 10.5 Å². The van der Waals surface area contributed by atoms with Crippen LogP contribution < -0.4 is 0 Å². The van der Waals surface area contributed by atoms with E-state index in [9.17, 15) is 0 Å². The zero-order chi connectivity index (χ0) is 10.3. The standard InChI is InChI=1S/C11H9Cl2N/c1-6-3-4-8-5-7(2)11(13)14-10(8)9(6)12/h3-5H,1-2H3. The van der Waals surface area contributed by atoms with E-state index < -0.39 is 0 Å². The minimum absolute atomic E-state index is 0.519. The molecule has 3 heteroatoms. The van der Waals surface area contributed by atoms with Crippen molar-refractivity contribution < 1.29 is 0 Å². The van der Waals surface area contributed by atoms with E-state index in [2.05, 4.69) is 4.98 Å². The van der Waals surface area contributed by atoms with Crippen LogP contribution in [0.25, 0.3) is 10.9 Å². The van der Waals surface area contributed by atoms with E-state index in [4.69, 9.17) is 23.2 Å². The van der Waals surface area contributed by atoms with Crippen LogP contribution in [-0.4, -0.2) is 4.98 Å². The molecule has 1 aromatic heterocycles. The number of hydrogen-bond donors (Lipinski definition) is 0. The van der Waals surface area contributed by atoms with Crippen LogP contribution in [0.3, 0.4) is 0 Å². The average molecular weight is 226 g/mol. The van der Waals surface area contributed by atoms with Crippen LogP contribution in [0.5, 0.6) is 0 Å². The van der Waals surface area contributed by atoms with Gasteiger partial charge in [0.2, 0.25) is 0 Å². The van der Waals surface area contributed by atoms with Gasteiger partial charge in [-0.1, -0.05) is 35.3 Å². The van der Waals surface area contributed by atoms with Gasteiger partial charge in [0.1, 0.15) is 5.15 Å². The highest BCUT2D eigenvalue weighted by atomic mass is 35.5. The van der Waals surface area contributed by atoms with Gasteiger partial charge in [-0.25, -0.2) is 4.98 Å². The van der Waals surface area contributed by atoms with Gasteiger partial charge >= 0.3 is 0 Å². The highest BCUT2D eigenvalue weighted by molar-refractivity contribution is 6.36. The van der Waals surface area contributed by atoms with Crippen LogP contribution >= 0.6 is 23.2 Å². The molecule has 0 aliphatic heterocycles. The van der Waals surface area contributed by atoms with E-state index in [1.807, 2.05) is 32.0 Å². The van der Waals surface area contributed by atoms with Crippen LogP contribution in [0.2, 0.25) is 10.2 Å². The van der Waals surface area contributed by atoms with E-state index in [-0.39, 0.29) is 0 Å². The smallest absolute Gasteiger partial charge is 0.132 e. The van der Waals surface area contributed by atoms with E-state index in [1.54, 1.807) is 0 Å². The summed E-state index contributed by atoms with van der Waals surface area (Å²) in [6.45, 7) is 3.89. The lowest BCUT2D eigenvalue weighted by molar-refractivity contribution is 1.32. The Labute approximate surface area is 92.7 Å². The lowest BCUT2D eigenvalue weighted by Crippen LogP contribution is -1.87. The van der Waals surface area contributed by atoms with E-state index in [0.29, 0.717) is 10.2 Å². The second-order valence-corrected chi connectivity index (χ2v) is 4.10. The molecule has 0 unspecified atom stereocenters. The lowest BCUT2D eigenvalue weighted by atomic mass is 10.1. The molecule has 0 spiro atoms. The Kier molecular flexibility index (Phi) is 2.38. The number of nitrogens with zero attached hydrogens (tertiary/aromatic N) is 1. The zero-order valence-electron chi connectivity index (χ0n) is 7.94. The molecule has 2 aromatic rings. The first kappa shape index (κ1) is 9.75. The van der Waals surface area contributed by atoms with E-state index in [0.717, 1.165) is 22.0 Å². The van der Waals surface area contributed by atoms with Crippen molar-refractivity contribution in [3.05, 3.63) is 39.5 Å². The van der Waals surface area contributed by atoms with Gasteiger partial charge in [-0.3, -0.25) is 0 Å². The minimum atomic E-state index is 0.519. The summed E-state index contributed by atoms with van der Waals surface area (Å²) in [5.74, 6) is 0. The SMILES string of the molecule is Cc1cc2ccc(C)c(Cl)c2nc1Cl. The van der Waals surface area contributed by atoms with Gasteiger partial charge in [-0.15, -0.1) is 0 Å². The normalized spacial score (nSPS) is 10.9. The number of pyridine rings is 1. The Hall–Kier alpha value is -0.790. The fraction of sp³-hybridized carbons (Fsp3) is 0.182. The first-order valence-corrected chi connectivity index (χ1v) is 5.07. The summed E-state index contributed by atoms with van der Waals surface area (Å²) in [6, 6.07) is 5.99. The third-order valence-electron chi connectivity index (χ3n) is 2.25. The second kappa shape index (κ2) is 3.41. The van der Waals surface area contributed by atoms with Crippen molar-refractivity contribution in [2.75, 3.05) is 0 Å². The average Bonchev–Trinajstić information content (AvgIpc) is 2.15. The van der Waals surface area contributed by atoms with Crippen molar-refractivity contribution in [1.29, 1.82) is 0 Å². The third-order valence-corrected chi connectivity index (χ3v) is 3.11. The fourth-order valence-electron chi connectivity index (χ4n) is 1.39. The van der Waals surface area contributed by atoms with E-state index >= 15 is 0 Å². The molecule has 0 aliphatic rings. The number of hydrogen-bond acceptors (Lipinski definition) is 1. The van der Waals surface area contributed by atoms with Crippen LogP contribution in [0.4, 0.5) is 0 Å². The zero-order valence-corrected chi connectivity index (χ0v) is 9.45. The summed E-state index contributed by atoms with van der Waals surface area (Å²) < 4.78 is 0. The third kappa shape index (κ3) is 1.47. The number of aromatic nitrogens is 1. The van der Waals surface area contributed by atoms with Crippen molar-refractivity contribution in [3.63, 3.8) is 0 Å². The molecule has 14 heavy (non-hydrogen) atoms. The Morgan fingerprint density at radius 1 is 1.07 bits per heavy atom. The maximum absolute atomic E-state index is 6.13. The molecule has 0 bridgehead atoms. The van der Waals surface area contributed by atoms with Crippen LogP contribution in [-0.2, 0) is 0 Å². The maximum Gasteiger partial charge on any atom is 0.132 e. The van der Waals surface area contributed by atoms with E-state index in [1.165, 1.54) is 0 Å².